The number of carbonyl (C=O) groups is 1. The van der Waals surface area contributed by atoms with Crippen molar-refractivity contribution < 1.29 is 18.0 Å². The van der Waals surface area contributed by atoms with Crippen molar-refractivity contribution in [3.63, 3.8) is 0 Å². The summed E-state index contributed by atoms with van der Waals surface area (Å²) < 4.78 is 42.2. The molecule has 3 rings (SSSR count). The second kappa shape index (κ2) is 6.58. The lowest BCUT2D eigenvalue weighted by Crippen LogP contribution is -2.44. The second-order valence-electron chi connectivity index (χ2n) is 7.55. The fourth-order valence-electron chi connectivity index (χ4n) is 3.54. The molecule has 140 valence electrons. The van der Waals surface area contributed by atoms with Gasteiger partial charge in [-0.3, -0.25) is 10.2 Å². The monoisotopic (exact) mass is 364 g/mol. The van der Waals surface area contributed by atoms with Crippen molar-refractivity contribution in [3.05, 3.63) is 47.5 Å². The molecule has 0 aromatic heterocycles. The van der Waals surface area contributed by atoms with Gasteiger partial charge in [0.15, 0.2) is 0 Å². The van der Waals surface area contributed by atoms with Crippen LogP contribution in [0.2, 0.25) is 0 Å². The lowest BCUT2D eigenvalue weighted by atomic mass is 9.91. The summed E-state index contributed by atoms with van der Waals surface area (Å²) in [6.07, 6.45) is -3.20. The second-order valence-corrected chi connectivity index (χ2v) is 7.55. The van der Waals surface area contributed by atoms with Gasteiger partial charge in [0, 0.05) is 6.54 Å². The number of hydrogen-bond donors (Lipinski definition) is 1. The molecular formula is C20H23F3N2O. The molecule has 26 heavy (non-hydrogen) atoms. The van der Waals surface area contributed by atoms with E-state index in [1.807, 2.05) is 37.3 Å². The third kappa shape index (κ3) is 3.43. The van der Waals surface area contributed by atoms with Gasteiger partial charge in [0.1, 0.15) is 6.04 Å². The quantitative estimate of drug-likeness (QED) is 0.848. The van der Waals surface area contributed by atoms with E-state index < -0.39 is 17.6 Å². The molecular weight excluding hydrogens is 341 g/mol. The molecule has 1 N–H and O–H groups in total. The van der Waals surface area contributed by atoms with Gasteiger partial charge in [-0.1, -0.05) is 43.7 Å². The zero-order chi connectivity index (χ0) is 19.1. The van der Waals surface area contributed by atoms with Crippen molar-refractivity contribution in [2.45, 2.75) is 45.8 Å². The number of halogens is 3. The Kier molecular flexibility index (Phi) is 4.73. The third-order valence-corrected chi connectivity index (χ3v) is 4.87. The number of carbonyl (C=O) groups excluding carboxylic acids is 1. The smallest absolute Gasteiger partial charge is 0.287 e. The number of alkyl halides is 3. The first kappa shape index (κ1) is 18.7. The predicted molar refractivity (Wildman–Crippen MR) is 95.4 cm³/mol. The molecule has 1 atom stereocenters. The lowest BCUT2D eigenvalue weighted by molar-refractivity contribution is -0.191. The molecule has 0 unspecified atom stereocenters. The summed E-state index contributed by atoms with van der Waals surface area (Å²) in [5.41, 5.74) is 2.48. The molecule has 1 heterocycles. The highest BCUT2D eigenvalue weighted by Gasteiger charge is 2.51. The number of nitrogens with zero attached hydrogens (tertiary/aromatic N) is 1. The van der Waals surface area contributed by atoms with E-state index in [2.05, 4.69) is 5.43 Å². The maximum absolute atomic E-state index is 14.1. The van der Waals surface area contributed by atoms with Gasteiger partial charge < -0.3 is 0 Å². The van der Waals surface area contributed by atoms with Gasteiger partial charge in [-0.15, -0.1) is 0 Å². The van der Waals surface area contributed by atoms with Gasteiger partial charge >= 0.3 is 6.18 Å². The van der Waals surface area contributed by atoms with Crippen LogP contribution in [0.1, 0.15) is 44.4 Å². The Labute approximate surface area is 151 Å². The van der Waals surface area contributed by atoms with Crippen molar-refractivity contribution >= 4 is 16.7 Å². The van der Waals surface area contributed by atoms with Crippen molar-refractivity contribution in [1.29, 1.82) is 0 Å². The Morgan fingerprint density at radius 1 is 1.19 bits per heavy atom. The minimum atomic E-state index is -4.50. The van der Waals surface area contributed by atoms with Crippen LogP contribution in [0, 0.1) is 5.41 Å². The first-order valence-electron chi connectivity index (χ1n) is 8.79. The molecule has 0 bridgehead atoms. The van der Waals surface area contributed by atoms with Crippen molar-refractivity contribution in [2.75, 3.05) is 6.54 Å². The highest BCUT2D eigenvalue weighted by atomic mass is 19.4. The fourth-order valence-corrected chi connectivity index (χ4v) is 3.54. The summed E-state index contributed by atoms with van der Waals surface area (Å²) in [7, 11) is 0. The number of aryl methyl sites for hydroxylation is 1. The van der Waals surface area contributed by atoms with E-state index in [-0.39, 0.29) is 18.0 Å². The Morgan fingerprint density at radius 3 is 2.31 bits per heavy atom. The zero-order valence-electron chi connectivity index (χ0n) is 15.2. The number of amides is 1. The van der Waals surface area contributed by atoms with Gasteiger partial charge in [-0.2, -0.15) is 13.2 Å². The molecule has 0 saturated carbocycles. The first-order valence-corrected chi connectivity index (χ1v) is 8.79. The molecule has 0 spiro atoms. The van der Waals surface area contributed by atoms with Crippen LogP contribution in [0.4, 0.5) is 13.2 Å². The molecule has 0 aliphatic carbocycles. The van der Waals surface area contributed by atoms with Gasteiger partial charge in [0.05, 0.1) is 5.41 Å². The Bertz CT molecular complexity index is 829. The van der Waals surface area contributed by atoms with E-state index in [0.717, 1.165) is 22.2 Å². The van der Waals surface area contributed by atoms with Gasteiger partial charge in [0.25, 0.3) is 0 Å². The summed E-state index contributed by atoms with van der Waals surface area (Å²) in [4.78, 5) is 12.1. The molecule has 1 aliphatic rings. The van der Waals surface area contributed by atoms with Crippen LogP contribution in [-0.2, 0) is 11.2 Å². The van der Waals surface area contributed by atoms with Gasteiger partial charge in [0.2, 0.25) is 5.91 Å². The van der Waals surface area contributed by atoms with Crippen LogP contribution in [0.15, 0.2) is 36.4 Å². The maximum Gasteiger partial charge on any atom is 0.409 e. The van der Waals surface area contributed by atoms with Crippen LogP contribution in [0.5, 0.6) is 0 Å². The van der Waals surface area contributed by atoms with Crippen molar-refractivity contribution in [2.24, 2.45) is 5.41 Å². The number of rotatable bonds is 4. The van der Waals surface area contributed by atoms with Crippen molar-refractivity contribution in [3.8, 4) is 0 Å². The summed E-state index contributed by atoms with van der Waals surface area (Å²) in [6.45, 7) is 5.27. The fraction of sp³-hybridized carbons (Fsp3) is 0.450. The highest BCUT2D eigenvalue weighted by molar-refractivity contribution is 5.85. The Hall–Kier alpha value is -2.08. The Morgan fingerprint density at radius 2 is 1.81 bits per heavy atom. The van der Waals surface area contributed by atoms with E-state index >= 15 is 0 Å². The molecule has 1 fully saturated rings. The SMILES string of the molecule is CCCc1cc2ccccc2cc1[C@H](N1CC(C)(C)C(=O)N1)C(F)(F)F. The third-order valence-electron chi connectivity index (χ3n) is 4.87. The van der Waals surface area contributed by atoms with E-state index in [0.29, 0.717) is 12.0 Å². The summed E-state index contributed by atoms with van der Waals surface area (Å²) in [5, 5.41) is 2.73. The molecule has 1 aliphatic heterocycles. The van der Waals surface area contributed by atoms with Crippen LogP contribution in [-0.4, -0.2) is 23.6 Å². The van der Waals surface area contributed by atoms with E-state index in [1.165, 1.54) is 0 Å². The van der Waals surface area contributed by atoms with E-state index in [9.17, 15) is 18.0 Å². The molecule has 1 amide bonds. The molecule has 2 aromatic carbocycles. The Balaban J connectivity index is 2.15. The lowest BCUT2D eigenvalue weighted by Gasteiger charge is -2.31. The summed E-state index contributed by atoms with van der Waals surface area (Å²) >= 11 is 0. The van der Waals surface area contributed by atoms with E-state index in [1.54, 1.807) is 19.9 Å². The minimum Gasteiger partial charge on any atom is -0.287 e. The van der Waals surface area contributed by atoms with Crippen molar-refractivity contribution in [1.82, 2.24) is 10.4 Å². The van der Waals surface area contributed by atoms with Crippen LogP contribution >= 0.6 is 0 Å². The van der Waals surface area contributed by atoms with Crippen LogP contribution in [0.25, 0.3) is 10.8 Å². The molecule has 0 radical (unpaired) electrons. The predicted octanol–water partition coefficient (Wildman–Crippen LogP) is 4.77. The van der Waals surface area contributed by atoms with E-state index in [4.69, 9.17) is 0 Å². The van der Waals surface area contributed by atoms with Gasteiger partial charge in [-0.25, -0.2) is 5.01 Å². The molecule has 6 heteroatoms. The number of fused-ring (bicyclic) bond motifs is 1. The largest absolute Gasteiger partial charge is 0.409 e. The topological polar surface area (TPSA) is 32.3 Å². The van der Waals surface area contributed by atoms with Gasteiger partial charge in [-0.05, 0) is 48.2 Å². The normalized spacial score (nSPS) is 18.9. The maximum atomic E-state index is 14.1. The number of hydrogen-bond acceptors (Lipinski definition) is 2. The minimum absolute atomic E-state index is 0.00834. The van der Waals surface area contributed by atoms with Crippen LogP contribution in [0.3, 0.4) is 0 Å². The standard InChI is InChI=1S/C20H23F3N2O/c1-4-7-15-10-13-8-5-6-9-14(13)11-16(15)17(20(21,22)23)25-12-19(2,3)18(26)24-25/h5-6,8-11,17H,4,7,12H2,1-3H3,(H,24,26)/t17-/m0/s1. The molecule has 1 saturated heterocycles. The first-order chi connectivity index (χ1) is 12.1. The summed E-state index contributed by atoms with van der Waals surface area (Å²) in [6, 6.07) is 9.01. The summed E-state index contributed by atoms with van der Waals surface area (Å²) in [5.74, 6) is -0.385. The number of nitrogens with one attached hydrogen (secondary N) is 1. The number of benzene rings is 2. The average Bonchev–Trinajstić information content (AvgIpc) is 2.79. The van der Waals surface area contributed by atoms with Crippen LogP contribution < -0.4 is 5.43 Å². The molecule has 2 aromatic rings. The molecule has 3 nitrogen and oxygen atoms in total. The zero-order valence-corrected chi connectivity index (χ0v) is 15.2. The average molecular weight is 364 g/mol. The highest BCUT2D eigenvalue weighted by Crippen LogP contribution is 2.42. The number of hydrazine groups is 1.